The molecular formula is C24H28F4N4O2. The number of anilines is 1. The van der Waals surface area contributed by atoms with E-state index in [-0.39, 0.29) is 25.2 Å². The third kappa shape index (κ3) is 5.78. The smallest absolute Gasteiger partial charge is 0.433 e. The normalized spacial score (nSPS) is 22.6. The molecule has 3 heterocycles. The lowest BCUT2D eigenvalue weighted by Gasteiger charge is -2.43. The summed E-state index contributed by atoms with van der Waals surface area (Å²) in [5.74, 6) is 0. The third-order valence-electron chi connectivity index (χ3n) is 6.33. The highest BCUT2D eigenvalue weighted by Gasteiger charge is 2.38. The lowest BCUT2D eigenvalue weighted by atomic mass is 10.1. The average Bonchev–Trinajstić information content (AvgIpc) is 2.82. The number of piperidine rings is 1. The number of hydrogen-bond donors (Lipinski definition) is 0. The Balaban J connectivity index is 1.28. The molecule has 0 bridgehead atoms. The third-order valence-corrected chi connectivity index (χ3v) is 6.33. The number of aromatic nitrogens is 1. The van der Waals surface area contributed by atoms with Crippen LogP contribution in [0.2, 0.25) is 0 Å². The van der Waals surface area contributed by atoms with Gasteiger partial charge in [0.15, 0.2) is 6.30 Å². The Hall–Kier alpha value is -2.88. The minimum absolute atomic E-state index is 0.0634. The van der Waals surface area contributed by atoms with Crippen LogP contribution in [0.4, 0.5) is 28.0 Å². The topological polar surface area (TPSA) is 48.9 Å². The molecule has 6 nitrogen and oxygen atoms in total. The van der Waals surface area contributed by atoms with Crippen molar-refractivity contribution in [2.45, 2.75) is 50.9 Å². The van der Waals surface area contributed by atoms with E-state index < -0.39 is 24.3 Å². The maximum Gasteiger partial charge on any atom is 0.433 e. The number of halogens is 4. The summed E-state index contributed by atoms with van der Waals surface area (Å²) in [6.45, 7) is 4.10. The van der Waals surface area contributed by atoms with E-state index in [4.69, 9.17) is 4.74 Å². The van der Waals surface area contributed by atoms with Gasteiger partial charge in [0.2, 0.25) is 0 Å². The summed E-state index contributed by atoms with van der Waals surface area (Å²) in [6, 6.07) is 12.0. The maximum atomic E-state index is 14.9. The number of piperazine rings is 1. The van der Waals surface area contributed by atoms with Gasteiger partial charge < -0.3 is 9.64 Å². The highest BCUT2D eigenvalue weighted by molar-refractivity contribution is 5.69. The second-order valence-corrected chi connectivity index (χ2v) is 8.83. The molecule has 10 heteroatoms. The maximum absolute atomic E-state index is 14.9. The summed E-state index contributed by atoms with van der Waals surface area (Å²) in [7, 11) is 0. The van der Waals surface area contributed by atoms with Crippen molar-refractivity contribution in [3.63, 3.8) is 0 Å². The molecule has 0 unspecified atom stereocenters. The summed E-state index contributed by atoms with van der Waals surface area (Å²) in [5, 5.41) is 0. The molecule has 184 valence electrons. The highest BCUT2D eigenvalue weighted by Crippen LogP contribution is 2.30. The fourth-order valence-electron chi connectivity index (χ4n) is 4.45. The van der Waals surface area contributed by atoms with Gasteiger partial charge in [-0.3, -0.25) is 9.80 Å². The minimum Gasteiger partial charge on any atom is -0.446 e. The van der Waals surface area contributed by atoms with E-state index >= 15 is 0 Å². The number of carbonyl (C=O) groups is 1. The van der Waals surface area contributed by atoms with Crippen LogP contribution in [0.15, 0.2) is 48.7 Å². The summed E-state index contributed by atoms with van der Waals surface area (Å²) in [6.07, 6.45) is -4.67. The zero-order valence-electron chi connectivity index (χ0n) is 18.9. The van der Waals surface area contributed by atoms with Crippen LogP contribution in [0.3, 0.4) is 0 Å². The molecule has 34 heavy (non-hydrogen) atoms. The lowest BCUT2D eigenvalue weighted by Crippen LogP contribution is -2.58. The minimum atomic E-state index is -4.53. The first-order valence-electron chi connectivity index (χ1n) is 11.4. The van der Waals surface area contributed by atoms with E-state index in [2.05, 4.69) is 22.0 Å². The van der Waals surface area contributed by atoms with Crippen molar-refractivity contribution in [2.75, 3.05) is 31.1 Å². The Kier molecular flexibility index (Phi) is 7.25. The van der Waals surface area contributed by atoms with Gasteiger partial charge in [0.05, 0.1) is 18.4 Å². The van der Waals surface area contributed by atoms with Crippen LogP contribution in [0.1, 0.15) is 31.0 Å². The first kappa shape index (κ1) is 24.3. The number of carbonyl (C=O) groups excluding carboxylic acids is 1. The van der Waals surface area contributed by atoms with Crippen molar-refractivity contribution < 1.29 is 27.1 Å². The van der Waals surface area contributed by atoms with Crippen LogP contribution in [-0.2, 0) is 17.5 Å². The number of likely N-dealkylation sites (tertiary alicyclic amines) is 1. The predicted molar refractivity (Wildman–Crippen MR) is 119 cm³/mol. The fourth-order valence-corrected chi connectivity index (χ4v) is 4.45. The first-order chi connectivity index (χ1) is 16.2. The van der Waals surface area contributed by atoms with Gasteiger partial charge in [-0.15, -0.1) is 0 Å². The van der Waals surface area contributed by atoms with Gasteiger partial charge in [0.1, 0.15) is 11.8 Å². The van der Waals surface area contributed by atoms with Crippen molar-refractivity contribution >= 4 is 11.8 Å². The van der Waals surface area contributed by atoms with Gasteiger partial charge in [-0.25, -0.2) is 14.2 Å². The Morgan fingerprint density at radius 3 is 2.41 bits per heavy atom. The molecule has 1 aromatic carbocycles. The van der Waals surface area contributed by atoms with Crippen molar-refractivity contribution in [2.24, 2.45) is 0 Å². The van der Waals surface area contributed by atoms with Gasteiger partial charge in [-0.1, -0.05) is 30.3 Å². The molecule has 2 saturated heterocycles. The zero-order valence-corrected chi connectivity index (χ0v) is 18.9. The number of benzene rings is 1. The van der Waals surface area contributed by atoms with E-state index in [1.54, 1.807) is 11.8 Å². The van der Waals surface area contributed by atoms with Gasteiger partial charge >= 0.3 is 12.3 Å². The van der Waals surface area contributed by atoms with Crippen LogP contribution >= 0.6 is 0 Å². The van der Waals surface area contributed by atoms with Crippen molar-refractivity contribution in [1.82, 2.24) is 14.8 Å². The van der Waals surface area contributed by atoms with Crippen molar-refractivity contribution in [3.8, 4) is 0 Å². The van der Waals surface area contributed by atoms with Crippen molar-refractivity contribution in [3.05, 3.63) is 59.9 Å². The Morgan fingerprint density at radius 2 is 1.79 bits per heavy atom. The number of alkyl halides is 4. The van der Waals surface area contributed by atoms with E-state index in [0.717, 1.165) is 36.8 Å². The van der Waals surface area contributed by atoms with Crippen LogP contribution in [0.5, 0.6) is 0 Å². The summed E-state index contributed by atoms with van der Waals surface area (Å²) in [5.41, 5.74) is 0.605. The van der Waals surface area contributed by atoms with Gasteiger partial charge in [0, 0.05) is 32.2 Å². The number of amides is 1. The van der Waals surface area contributed by atoms with Crippen LogP contribution in [0.25, 0.3) is 0 Å². The van der Waals surface area contributed by atoms with Gasteiger partial charge in [-0.2, -0.15) is 13.2 Å². The monoisotopic (exact) mass is 480 g/mol. The largest absolute Gasteiger partial charge is 0.446 e. The van der Waals surface area contributed by atoms with Crippen LogP contribution < -0.4 is 4.90 Å². The van der Waals surface area contributed by atoms with E-state index in [1.807, 2.05) is 18.2 Å². The lowest BCUT2D eigenvalue weighted by molar-refractivity contribution is -0.141. The number of hydrogen-bond acceptors (Lipinski definition) is 5. The molecule has 4 rings (SSSR count). The Labute approximate surface area is 196 Å². The first-order valence-corrected chi connectivity index (χ1v) is 11.4. The molecule has 0 aliphatic carbocycles. The second kappa shape index (κ2) is 10.2. The standard InChI is InChI=1S/C24H28F4N4O2/c1-17-14-32(22(25)16-31(17)19-7-8-21(29-13-19)24(26,27)28)23(33)34-20-9-11-30(12-10-20)15-18-5-3-2-4-6-18/h2-8,13,17,20,22H,9-12,14-16H2,1H3/t17-,22+/m1/s1. The number of nitrogens with zero attached hydrogens (tertiary/aromatic N) is 4. The predicted octanol–water partition coefficient (Wildman–Crippen LogP) is 4.71. The van der Waals surface area contributed by atoms with Crippen LogP contribution in [0, 0.1) is 0 Å². The Bertz CT molecular complexity index is 950. The molecule has 2 aliphatic rings. The molecular weight excluding hydrogens is 452 g/mol. The quantitative estimate of drug-likeness (QED) is 0.469. The molecule has 0 radical (unpaired) electrons. The van der Waals surface area contributed by atoms with Gasteiger partial charge in [-0.05, 0) is 37.5 Å². The number of rotatable bonds is 4. The van der Waals surface area contributed by atoms with E-state index in [9.17, 15) is 22.4 Å². The number of pyridine rings is 1. The highest BCUT2D eigenvalue weighted by atomic mass is 19.4. The molecule has 1 aromatic heterocycles. The molecule has 2 atom stereocenters. The van der Waals surface area contributed by atoms with E-state index in [1.165, 1.54) is 11.6 Å². The zero-order chi connectivity index (χ0) is 24.3. The second-order valence-electron chi connectivity index (χ2n) is 8.83. The van der Waals surface area contributed by atoms with E-state index in [0.29, 0.717) is 18.5 Å². The molecule has 0 saturated carbocycles. The fraction of sp³-hybridized carbons (Fsp3) is 0.500. The summed E-state index contributed by atoms with van der Waals surface area (Å²) in [4.78, 5) is 21.1. The summed E-state index contributed by atoms with van der Waals surface area (Å²) >= 11 is 0. The van der Waals surface area contributed by atoms with Crippen LogP contribution in [-0.4, -0.2) is 65.5 Å². The molecule has 1 amide bonds. The average molecular weight is 481 g/mol. The molecule has 2 fully saturated rings. The SMILES string of the molecule is C[C@@H]1CN(C(=O)OC2CCN(Cc3ccccc3)CC2)[C@H](F)CN1c1ccc(C(F)(F)F)nc1. The van der Waals surface area contributed by atoms with Gasteiger partial charge in [0.25, 0.3) is 0 Å². The van der Waals surface area contributed by atoms with Crippen molar-refractivity contribution in [1.29, 1.82) is 0 Å². The molecule has 0 spiro atoms. The molecule has 0 N–H and O–H groups in total. The Morgan fingerprint density at radius 1 is 1.09 bits per heavy atom. The summed E-state index contributed by atoms with van der Waals surface area (Å²) < 4.78 is 58.8. The molecule has 2 aliphatic heterocycles. The molecule has 2 aromatic rings. The number of ether oxygens (including phenoxy) is 1.